The quantitative estimate of drug-likeness (QED) is 0.193. The first-order chi connectivity index (χ1) is 17.2. The van der Waals surface area contributed by atoms with Crippen LogP contribution in [0.15, 0.2) is 60.8 Å². The molecule has 0 unspecified atom stereocenters. The average Bonchev–Trinajstić information content (AvgIpc) is 2.86. The maximum Gasteiger partial charge on any atom is 0.352 e. The molecule has 0 bridgehead atoms. The van der Waals surface area contributed by atoms with Crippen molar-refractivity contribution < 1.29 is 33.3 Å². The number of benzene rings is 2. The van der Waals surface area contributed by atoms with E-state index in [1.807, 2.05) is 0 Å². The molecule has 186 valence electrons. The van der Waals surface area contributed by atoms with Gasteiger partial charge in [-0.15, -0.1) is 6.42 Å². The van der Waals surface area contributed by atoms with E-state index in [0.717, 1.165) is 0 Å². The molecule has 0 aliphatic heterocycles. The van der Waals surface area contributed by atoms with Crippen LogP contribution in [0.25, 0.3) is 0 Å². The average molecular weight is 530 g/mol. The van der Waals surface area contributed by atoms with E-state index in [-0.39, 0.29) is 23.3 Å². The van der Waals surface area contributed by atoms with Gasteiger partial charge >= 0.3 is 11.9 Å². The van der Waals surface area contributed by atoms with Gasteiger partial charge in [-0.3, -0.25) is 0 Å². The molecule has 0 radical (unpaired) electrons. The molecule has 10 heteroatoms. The fourth-order valence-corrected chi connectivity index (χ4v) is 3.11. The summed E-state index contributed by atoms with van der Waals surface area (Å²) >= 11 is 11.9. The first kappa shape index (κ1) is 26.7. The van der Waals surface area contributed by atoms with Crippen molar-refractivity contribution in [1.82, 2.24) is 4.98 Å². The Morgan fingerprint density at radius 2 is 1.42 bits per heavy atom. The summed E-state index contributed by atoms with van der Waals surface area (Å²) in [5.41, 5.74) is 0. The molecule has 0 aliphatic rings. The highest BCUT2D eigenvalue weighted by molar-refractivity contribution is 6.35. The lowest BCUT2D eigenvalue weighted by Crippen LogP contribution is -2.28. The molecule has 0 amide bonds. The van der Waals surface area contributed by atoms with E-state index in [2.05, 4.69) is 10.9 Å². The van der Waals surface area contributed by atoms with Gasteiger partial charge in [-0.1, -0.05) is 29.1 Å². The summed E-state index contributed by atoms with van der Waals surface area (Å²) in [7, 11) is 0. The number of halogens is 2. The monoisotopic (exact) mass is 529 g/mol. The molecule has 8 nitrogen and oxygen atoms in total. The zero-order valence-electron chi connectivity index (χ0n) is 19.3. The van der Waals surface area contributed by atoms with Gasteiger partial charge in [0.1, 0.15) is 28.0 Å². The maximum atomic E-state index is 12.4. The second-order valence-corrected chi connectivity index (χ2v) is 8.08. The van der Waals surface area contributed by atoms with E-state index < -0.39 is 24.1 Å². The number of carbonyl (C=O) groups excluding carboxylic acids is 2. The molecule has 3 aromatic rings. The van der Waals surface area contributed by atoms with Gasteiger partial charge in [-0.2, -0.15) is 0 Å². The summed E-state index contributed by atoms with van der Waals surface area (Å²) in [6.07, 6.45) is 4.73. The van der Waals surface area contributed by atoms with Crippen LogP contribution < -0.4 is 18.9 Å². The minimum absolute atomic E-state index is 0.130. The van der Waals surface area contributed by atoms with Crippen LogP contribution in [0.3, 0.4) is 0 Å². The number of rotatable bonds is 10. The van der Waals surface area contributed by atoms with E-state index in [0.29, 0.717) is 22.3 Å². The number of hydrogen-bond donors (Lipinski definition) is 0. The number of esters is 2. The molecule has 0 saturated heterocycles. The van der Waals surface area contributed by atoms with E-state index in [1.165, 1.54) is 31.3 Å². The smallest absolute Gasteiger partial charge is 0.352 e. The molecule has 3 rings (SSSR count). The Labute approximate surface area is 218 Å². The van der Waals surface area contributed by atoms with Crippen molar-refractivity contribution >= 4 is 35.1 Å². The summed E-state index contributed by atoms with van der Waals surface area (Å²) in [4.78, 5) is 28.2. The summed E-state index contributed by atoms with van der Waals surface area (Å²) in [5.74, 6) is 2.79. The van der Waals surface area contributed by atoms with Crippen LogP contribution in [0.4, 0.5) is 0 Å². The lowest BCUT2D eigenvalue weighted by molar-refractivity contribution is -0.149. The normalized spacial score (nSPS) is 12.0. The lowest BCUT2D eigenvalue weighted by Gasteiger charge is -2.15. The zero-order valence-corrected chi connectivity index (χ0v) is 20.8. The molecule has 1 heterocycles. The van der Waals surface area contributed by atoms with E-state index >= 15 is 0 Å². The standard InChI is InChI=1S/C26H21Cl2NO7/c1-4-13-32-25(30)16(2)33-19-7-11-22(12-8-19)36-26(31)17(3)34-20-5-9-21(10-6-20)35-24-23(28)14-18(27)15-29-24/h1,5-12,14-17H,13H2,2-3H3/t16-,17-/m1/s1. The Morgan fingerprint density at radius 1 is 0.889 bits per heavy atom. The van der Waals surface area contributed by atoms with Crippen LogP contribution in [-0.2, 0) is 14.3 Å². The highest BCUT2D eigenvalue weighted by Gasteiger charge is 2.19. The Morgan fingerprint density at radius 3 is 1.97 bits per heavy atom. The van der Waals surface area contributed by atoms with E-state index in [4.69, 9.17) is 53.3 Å². The highest BCUT2D eigenvalue weighted by atomic mass is 35.5. The van der Waals surface area contributed by atoms with E-state index in [9.17, 15) is 9.59 Å². The maximum absolute atomic E-state index is 12.4. The van der Waals surface area contributed by atoms with Crippen molar-refractivity contribution in [3.8, 4) is 41.2 Å². The van der Waals surface area contributed by atoms with Gasteiger partial charge < -0.3 is 23.7 Å². The molecule has 0 saturated carbocycles. The third-order valence-electron chi connectivity index (χ3n) is 4.44. The van der Waals surface area contributed by atoms with Crippen molar-refractivity contribution in [2.24, 2.45) is 0 Å². The van der Waals surface area contributed by atoms with Crippen LogP contribution in [0, 0.1) is 12.3 Å². The van der Waals surface area contributed by atoms with Crippen molar-refractivity contribution in [2.75, 3.05) is 6.61 Å². The number of terminal acetylenes is 1. The number of ether oxygens (including phenoxy) is 5. The molecule has 0 aliphatic carbocycles. The summed E-state index contributed by atoms with van der Waals surface area (Å²) in [6.45, 7) is 2.97. The Kier molecular flexibility index (Phi) is 9.39. The largest absolute Gasteiger partial charge is 0.479 e. The molecule has 0 fully saturated rings. The molecular weight excluding hydrogens is 509 g/mol. The first-order valence-corrected chi connectivity index (χ1v) is 11.3. The summed E-state index contributed by atoms with van der Waals surface area (Å²) in [6, 6.07) is 14.2. The first-order valence-electron chi connectivity index (χ1n) is 10.6. The topological polar surface area (TPSA) is 93.2 Å². The van der Waals surface area contributed by atoms with Crippen LogP contribution in [0.1, 0.15) is 13.8 Å². The van der Waals surface area contributed by atoms with Gasteiger partial charge in [0.2, 0.25) is 5.88 Å². The number of pyridine rings is 1. The molecule has 0 spiro atoms. The van der Waals surface area contributed by atoms with Gasteiger partial charge in [0.25, 0.3) is 0 Å². The van der Waals surface area contributed by atoms with Crippen LogP contribution >= 0.6 is 23.2 Å². The minimum atomic E-state index is -0.897. The van der Waals surface area contributed by atoms with Gasteiger partial charge in [0, 0.05) is 6.20 Å². The van der Waals surface area contributed by atoms with Crippen molar-refractivity contribution in [1.29, 1.82) is 0 Å². The summed E-state index contributed by atoms with van der Waals surface area (Å²) in [5, 5.41) is 0.672. The van der Waals surface area contributed by atoms with Gasteiger partial charge in [-0.25, -0.2) is 14.6 Å². The Balaban J connectivity index is 1.50. The molecule has 2 aromatic carbocycles. The second kappa shape index (κ2) is 12.7. The van der Waals surface area contributed by atoms with E-state index in [1.54, 1.807) is 43.3 Å². The summed E-state index contributed by atoms with van der Waals surface area (Å²) < 4.78 is 26.9. The molecule has 1 aromatic heterocycles. The molecule has 0 N–H and O–H groups in total. The molecule has 36 heavy (non-hydrogen) atoms. The fourth-order valence-electron chi connectivity index (χ4n) is 2.70. The number of hydrogen-bond acceptors (Lipinski definition) is 8. The lowest BCUT2D eigenvalue weighted by atomic mass is 10.3. The fraction of sp³-hybridized carbons (Fsp3) is 0.192. The number of aromatic nitrogens is 1. The van der Waals surface area contributed by atoms with Crippen LogP contribution in [0.2, 0.25) is 10.0 Å². The van der Waals surface area contributed by atoms with Gasteiger partial charge in [0.15, 0.2) is 18.8 Å². The van der Waals surface area contributed by atoms with Gasteiger partial charge in [0.05, 0.1) is 5.02 Å². The van der Waals surface area contributed by atoms with Crippen LogP contribution in [0.5, 0.6) is 28.9 Å². The highest BCUT2D eigenvalue weighted by Crippen LogP contribution is 2.30. The third kappa shape index (κ3) is 7.80. The van der Waals surface area contributed by atoms with Crippen LogP contribution in [-0.4, -0.2) is 35.7 Å². The van der Waals surface area contributed by atoms with Crippen molar-refractivity contribution in [3.05, 3.63) is 70.8 Å². The predicted octanol–water partition coefficient (Wildman–Crippen LogP) is 5.50. The van der Waals surface area contributed by atoms with Gasteiger partial charge in [-0.05, 0) is 68.4 Å². The molecule has 2 atom stereocenters. The third-order valence-corrected chi connectivity index (χ3v) is 4.92. The van der Waals surface area contributed by atoms with Crippen molar-refractivity contribution in [3.63, 3.8) is 0 Å². The van der Waals surface area contributed by atoms with Crippen molar-refractivity contribution in [2.45, 2.75) is 26.1 Å². The second-order valence-electron chi connectivity index (χ2n) is 7.24. The molecular formula is C26H21Cl2NO7. The number of nitrogens with zero attached hydrogens (tertiary/aromatic N) is 1. The minimum Gasteiger partial charge on any atom is -0.479 e. The Bertz CT molecular complexity index is 1240. The SMILES string of the molecule is C#CCOC(=O)[C@@H](C)Oc1ccc(OC(=O)[C@@H](C)Oc2ccc(Oc3ncc(Cl)cc3Cl)cc2)cc1. The Hall–Kier alpha value is -3.93. The zero-order chi connectivity index (χ0) is 26.1. The predicted molar refractivity (Wildman–Crippen MR) is 133 cm³/mol. The number of carbonyl (C=O) groups is 2.